The van der Waals surface area contributed by atoms with E-state index in [0.29, 0.717) is 5.57 Å². The van der Waals surface area contributed by atoms with Gasteiger partial charge in [0.15, 0.2) is 17.4 Å². The SMILES string of the molecule is C=C(CS)COc1c(F)c(F)cc(F)c1F. The minimum Gasteiger partial charge on any atom is -0.483 e. The van der Waals surface area contributed by atoms with Gasteiger partial charge in [0, 0.05) is 11.8 Å². The average molecular weight is 252 g/mol. The predicted molar refractivity (Wildman–Crippen MR) is 54.8 cm³/mol. The normalized spacial score (nSPS) is 10.3. The molecule has 0 atom stereocenters. The standard InChI is InChI=1S/C10H8F4OS/c1-5(4-16)3-15-10-8(13)6(11)2-7(12)9(10)14/h2,16H,1,3-4H2. The zero-order valence-electron chi connectivity index (χ0n) is 8.07. The van der Waals surface area contributed by atoms with Crippen LogP contribution < -0.4 is 4.74 Å². The van der Waals surface area contributed by atoms with E-state index in [4.69, 9.17) is 0 Å². The summed E-state index contributed by atoms with van der Waals surface area (Å²) < 4.78 is 56.1. The molecule has 0 aromatic heterocycles. The third-order valence-electron chi connectivity index (χ3n) is 1.72. The fourth-order valence-corrected chi connectivity index (χ4v) is 0.989. The number of rotatable bonds is 4. The molecule has 0 aliphatic heterocycles. The molecule has 1 rings (SSSR count). The molecule has 0 heterocycles. The van der Waals surface area contributed by atoms with Crippen LogP contribution in [-0.4, -0.2) is 12.4 Å². The zero-order valence-corrected chi connectivity index (χ0v) is 8.96. The van der Waals surface area contributed by atoms with Gasteiger partial charge in [0.1, 0.15) is 6.61 Å². The van der Waals surface area contributed by atoms with E-state index in [9.17, 15) is 17.6 Å². The van der Waals surface area contributed by atoms with Crippen molar-refractivity contribution in [1.82, 2.24) is 0 Å². The fourth-order valence-electron chi connectivity index (χ4n) is 0.898. The van der Waals surface area contributed by atoms with Crippen molar-refractivity contribution in [1.29, 1.82) is 0 Å². The molecule has 0 amide bonds. The van der Waals surface area contributed by atoms with Crippen LogP contribution in [0.5, 0.6) is 5.75 Å². The van der Waals surface area contributed by atoms with Crippen molar-refractivity contribution in [3.8, 4) is 5.75 Å². The summed E-state index contributed by atoms with van der Waals surface area (Å²) in [5.74, 6) is -6.99. The summed E-state index contributed by atoms with van der Waals surface area (Å²) in [6.45, 7) is 3.19. The van der Waals surface area contributed by atoms with Crippen LogP contribution in [0.15, 0.2) is 18.2 Å². The lowest BCUT2D eigenvalue weighted by molar-refractivity contribution is 0.296. The van der Waals surface area contributed by atoms with Crippen LogP contribution in [0.2, 0.25) is 0 Å². The van der Waals surface area contributed by atoms with E-state index in [1.807, 2.05) is 0 Å². The molecule has 0 bridgehead atoms. The second-order valence-corrected chi connectivity index (χ2v) is 3.31. The molecule has 1 aromatic carbocycles. The van der Waals surface area contributed by atoms with Crippen LogP contribution in [-0.2, 0) is 0 Å². The van der Waals surface area contributed by atoms with Crippen molar-refractivity contribution < 1.29 is 22.3 Å². The van der Waals surface area contributed by atoms with Gasteiger partial charge in [0.25, 0.3) is 0 Å². The van der Waals surface area contributed by atoms with Crippen molar-refractivity contribution in [3.05, 3.63) is 41.5 Å². The summed E-state index contributed by atoms with van der Waals surface area (Å²) >= 11 is 3.84. The molecule has 16 heavy (non-hydrogen) atoms. The summed E-state index contributed by atoms with van der Waals surface area (Å²) in [6, 6.07) is 0.116. The number of benzene rings is 1. The maximum Gasteiger partial charge on any atom is 0.203 e. The first-order valence-electron chi connectivity index (χ1n) is 4.20. The monoisotopic (exact) mass is 252 g/mol. The Morgan fingerprint density at radius 2 is 1.69 bits per heavy atom. The molecule has 0 saturated heterocycles. The first-order valence-corrected chi connectivity index (χ1v) is 4.84. The first-order chi connectivity index (χ1) is 7.47. The number of thiol groups is 1. The van der Waals surface area contributed by atoms with Crippen molar-refractivity contribution >= 4 is 12.6 Å². The molecule has 0 unspecified atom stereocenters. The Kier molecular flexibility index (Phi) is 4.23. The molecule has 0 aliphatic rings. The van der Waals surface area contributed by atoms with Gasteiger partial charge >= 0.3 is 0 Å². The minimum absolute atomic E-state index is 0.116. The third-order valence-corrected chi connectivity index (χ3v) is 2.16. The van der Waals surface area contributed by atoms with E-state index < -0.39 is 29.0 Å². The average Bonchev–Trinajstić information content (AvgIpc) is 2.26. The first kappa shape index (κ1) is 12.9. The quantitative estimate of drug-likeness (QED) is 0.375. The van der Waals surface area contributed by atoms with Crippen LogP contribution in [0.1, 0.15) is 0 Å². The maximum atomic E-state index is 13.0. The van der Waals surface area contributed by atoms with Crippen molar-refractivity contribution in [3.63, 3.8) is 0 Å². The number of hydrogen-bond donors (Lipinski definition) is 1. The largest absolute Gasteiger partial charge is 0.483 e. The van der Waals surface area contributed by atoms with E-state index in [1.54, 1.807) is 0 Å². The Hall–Kier alpha value is -1.17. The smallest absolute Gasteiger partial charge is 0.203 e. The van der Waals surface area contributed by atoms with Gasteiger partial charge in [-0.05, 0) is 5.57 Å². The van der Waals surface area contributed by atoms with E-state index in [0.717, 1.165) is 0 Å². The fraction of sp³-hybridized carbons (Fsp3) is 0.200. The molecular formula is C10H8F4OS. The molecular weight excluding hydrogens is 244 g/mol. The van der Waals surface area contributed by atoms with Crippen LogP contribution in [0.4, 0.5) is 17.6 Å². The molecule has 6 heteroatoms. The van der Waals surface area contributed by atoms with Crippen molar-refractivity contribution in [2.24, 2.45) is 0 Å². The summed E-state index contributed by atoms with van der Waals surface area (Å²) in [7, 11) is 0. The van der Waals surface area contributed by atoms with Gasteiger partial charge in [0.2, 0.25) is 11.6 Å². The van der Waals surface area contributed by atoms with E-state index in [-0.39, 0.29) is 18.4 Å². The number of halogens is 4. The lowest BCUT2D eigenvalue weighted by Crippen LogP contribution is -2.07. The molecule has 0 saturated carbocycles. The van der Waals surface area contributed by atoms with Gasteiger partial charge in [-0.15, -0.1) is 0 Å². The Morgan fingerprint density at radius 1 is 1.19 bits per heavy atom. The molecule has 0 N–H and O–H groups in total. The molecule has 0 fully saturated rings. The van der Waals surface area contributed by atoms with Gasteiger partial charge < -0.3 is 4.74 Å². The molecule has 1 nitrogen and oxygen atoms in total. The summed E-state index contributed by atoms with van der Waals surface area (Å²) in [5.41, 5.74) is 0.423. The van der Waals surface area contributed by atoms with Gasteiger partial charge in [-0.3, -0.25) is 0 Å². The van der Waals surface area contributed by atoms with Crippen molar-refractivity contribution in [2.75, 3.05) is 12.4 Å². The maximum absolute atomic E-state index is 13.0. The third kappa shape index (κ3) is 2.69. The van der Waals surface area contributed by atoms with Gasteiger partial charge in [-0.25, -0.2) is 8.78 Å². The second-order valence-electron chi connectivity index (χ2n) is 2.99. The number of ether oxygens (including phenoxy) is 1. The summed E-state index contributed by atoms with van der Waals surface area (Å²) in [5, 5.41) is 0. The zero-order chi connectivity index (χ0) is 12.3. The Bertz CT molecular complexity index is 394. The second kappa shape index (κ2) is 5.25. The summed E-state index contributed by atoms with van der Waals surface area (Å²) in [6.07, 6.45) is 0. The highest BCUT2D eigenvalue weighted by Gasteiger charge is 2.20. The minimum atomic E-state index is -1.56. The topological polar surface area (TPSA) is 9.23 Å². The van der Waals surface area contributed by atoms with Crippen LogP contribution in [0.25, 0.3) is 0 Å². The van der Waals surface area contributed by atoms with Crippen LogP contribution in [0, 0.1) is 23.3 Å². The molecule has 88 valence electrons. The highest BCUT2D eigenvalue weighted by atomic mass is 32.1. The lowest BCUT2D eigenvalue weighted by Gasteiger charge is -2.09. The number of hydrogen-bond acceptors (Lipinski definition) is 2. The van der Waals surface area contributed by atoms with Gasteiger partial charge in [-0.2, -0.15) is 21.4 Å². The molecule has 0 radical (unpaired) electrons. The lowest BCUT2D eigenvalue weighted by atomic mass is 10.3. The summed E-state index contributed by atoms with van der Waals surface area (Å²) in [4.78, 5) is 0. The molecule has 0 aliphatic carbocycles. The highest BCUT2D eigenvalue weighted by Crippen LogP contribution is 2.26. The van der Waals surface area contributed by atoms with E-state index in [1.165, 1.54) is 0 Å². The Morgan fingerprint density at radius 3 is 2.12 bits per heavy atom. The Labute approximate surface area is 95.1 Å². The van der Waals surface area contributed by atoms with Crippen LogP contribution in [0.3, 0.4) is 0 Å². The predicted octanol–water partition coefficient (Wildman–Crippen LogP) is 3.11. The van der Waals surface area contributed by atoms with E-state index >= 15 is 0 Å². The highest BCUT2D eigenvalue weighted by molar-refractivity contribution is 7.80. The molecule has 0 spiro atoms. The Balaban J connectivity index is 2.99. The van der Waals surface area contributed by atoms with Gasteiger partial charge in [-0.1, -0.05) is 6.58 Å². The van der Waals surface area contributed by atoms with Crippen molar-refractivity contribution in [2.45, 2.75) is 0 Å². The van der Waals surface area contributed by atoms with Gasteiger partial charge in [0.05, 0.1) is 0 Å². The van der Waals surface area contributed by atoms with Crippen LogP contribution >= 0.6 is 12.6 Å². The van der Waals surface area contributed by atoms with E-state index in [2.05, 4.69) is 23.9 Å². The molecule has 1 aromatic rings.